The van der Waals surface area contributed by atoms with Crippen LogP contribution in [-0.2, 0) is 0 Å². The Balaban J connectivity index is 1.49. The van der Waals surface area contributed by atoms with Gasteiger partial charge in [0.1, 0.15) is 11.6 Å². The minimum Gasteiger partial charge on any atom is -0.497 e. The number of hydrogen-bond donors (Lipinski definition) is 2. The molecular weight excluding hydrogens is 364 g/mol. The predicted molar refractivity (Wildman–Crippen MR) is 118 cm³/mol. The highest BCUT2D eigenvalue weighted by molar-refractivity contribution is 6.01. The molecular formula is C23H26N4O2. The number of aryl methyl sites for hydroxylation is 1. The number of urea groups is 1. The minimum atomic E-state index is -0.287. The molecule has 0 aliphatic carbocycles. The van der Waals surface area contributed by atoms with Gasteiger partial charge in [-0.25, -0.2) is 9.78 Å². The van der Waals surface area contributed by atoms with Crippen molar-refractivity contribution in [2.24, 2.45) is 0 Å². The first-order valence-corrected chi connectivity index (χ1v) is 10.0. The highest BCUT2D eigenvalue weighted by Crippen LogP contribution is 2.27. The van der Waals surface area contributed by atoms with Gasteiger partial charge in [0.15, 0.2) is 0 Å². The second kappa shape index (κ2) is 8.39. The molecule has 150 valence electrons. The molecule has 1 saturated heterocycles. The molecule has 0 spiro atoms. The van der Waals surface area contributed by atoms with Crippen LogP contribution in [0.5, 0.6) is 5.75 Å². The van der Waals surface area contributed by atoms with E-state index in [1.54, 1.807) is 31.4 Å². The SMILES string of the molecule is COc1ccc(NC(=O)Nc2ccc3nc(N4CCCCC4)cc(C)c3c2)cc1. The van der Waals surface area contributed by atoms with Gasteiger partial charge in [-0.05, 0) is 80.3 Å². The van der Waals surface area contributed by atoms with E-state index in [1.165, 1.54) is 19.3 Å². The third-order valence-electron chi connectivity index (χ3n) is 5.29. The van der Waals surface area contributed by atoms with Gasteiger partial charge in [0.2, 0.25) is 0 Å². The van der Waals surface area contributed by atoms with Crippen LogP contribution in [0.15, 0.2) is 48.5 Å². The van der Waals surface area contributed by atoms with Crippen LogP contribution in [0.1, 0.15) is 24.8 Å². The number of carbonyl (C=O) groups excluding carboxylic acids is 1. The Labute approximate surface area is 170 Å². The number of carbonyl (C=O) groups is 1. The quantitative estimate of drug-likeness (QED) is 0.644. The van der Waals surface area contributed by atoms with Crippen molar-refractivity contribution in [1.82, 2.24) is 4.98 Å². The third kappa shape index (κ3) is 4.42. The lowest BCUT2D eigenvalue weighted by Gasteiger charge is -2.28. The monoisotopic (exact) mass is 390 g/mol. The van der Waals surface area contributed by atoms with Crippen molar-refractivity contribution in [2.75, 3.05) is 35.7 Å². The molecule has 0 bridgehead atoms. The van der Waals surface area contributed by atoms with Crippen molar-refractivity contribution in [3.63, 3.8) is 0 Å². The number of anilines is 3. The van der Waals surface area contributed by atoms with Gasteiger partial charge in [-0.1, -0.05) is 0 Å². The maximum Gasteiger partial charge on any atom is 0.323 e. The van der Waals surface area contributed by atoms with Gasteiger partial charge in [-0.15, -0.1) is 0 Å². The number of methoxy groups -OCH3 is 1. The first-order valence-electron chi connectivity index (χ1n) is 10.0. The molecule has 0 atom stereocenters. The lowest BCUT2D eigenvalue weighted by Crippen LogP contribution is -2.30. The van der Waals surface area contributed by atoms with Crippen molar-refractivity contribution in [2.45, 2.75) is 26.2 Å². The lowest BCUT2D eigenvalue weighted by molar-refractivity contribution is 0.262. The molecule has 0 saturated carbocycles. The van der Waals surface area contributed by atoms with E-state index in [1.807, 2.05) is 18.2 Å². The zero-order chi connectivity index (χ0) is 20.2. The van der Waals surface area contributed by atoms with Crippen LogP contribution in [-0.4, -0.2) is 31.2 Å². The maximum atomic E-state index is 12.3. The van der Waals surface area contributed by atoms with E-state index < -0.39 is 0 Å². The fourth-order valence-electron chi connectivity index (χ4n) is 3.71. The Morgan fingerprint density at radius 3 is 2.38 bits per heavy atom. The Hall–Kier alpha value is -3.28. The molecule has 2 aromatic carbocycles. The van der Waals surface area contributed by atoms with Gasteiger partial charge in [-0.2, -0.15) is 0 Å². The van der Waals surface area contributed by atoms with E-state index in [-0.39, 0.29) is 6.03 Å². The Morgan fingerprint density at radius 1 is 0.966 bits per heavy atom. The summed E-state index contributed by atoms with van der Waals surface area (Å²) in [4.78, 5) is 19.6. The molecule has 1 fully saturated rings. The number of pyridine rings is 1. The highest BCUT2D eigenvalue weighted by Gasteiger charge is 2.14. The predicted octanol–water partition coefficient (Wildman–Crippen LogP) is 5.19. The van der Waals surface area contributed by atoms with Crippen molar-refractivity contribution in [1.29, 1.82) is 0 Å². The van der Waals surface area contributed by atoms with E-state index in [0.717, 1.165) is 46.8 Å². The molecule has 2 heterocycles. The van der Waals surface area contributed by atoms with Crippen LogP contribution >= 0.6 is 0 Å². The molecule has 6 heteroatoms. The molecule has 0 radical (unpaired) electrons. The topological polar surface area (TPSA) is 66.5 Å². The number of piperidine rings is 1. The largest absolute Gasteiger partial charge is 0.497 e. The average molecular weight is 390 g/mol. The summed E-state index contributed by atoms with van der Waals surface area (Å²) in [6.07, 6.45) is 3.76. The zero-order valence-electron chi connectivity index (χ0n) is 16.9. The summed E-state index contributed by atoms with van der Waals surface area (Å²) in [6, 6.07) is 14.9. The maximum absolute atomic E-state index is 12.3. The number of ether oxygens (including phenoxy) is 1. The van der Waals surface area contributed by atoms with Gasteiger partial charge in [0.05, 0.1) is 12.6 Å². The Kier molecular flexibility index (Phi) is 5.51. The molecule has 2 N–H and O–H groups in total. The van der Waals surface area contributed by atoms with Gasteiger partial charge in [0.25, 0.3) is 0 Å². The van der Waals surface area contributed by atoms with Gasteiger partial charge in [0, 0.05) is 29.9 Å². The minimum absolute atomic E-state index is 0.287. The van der Waals surface area contributed by atoms with Crippen molar-refractivity contribution >= 4 is 34.1 Å². The first kappa shape index (κ1) is 19.1. The Morgan fingerprint density at radius 2 is 1.66 bits per heavy atom. The van der Waals surface area contributed by atoms with E-state index in [9.17, 15) is 4.79 Å². The summed E-state index contributed by atoms with van der Waals surface area (Å²) in [5.41, 5.74) is 3.55. The molecule has 29 heavy (non-hydrogen) atoms. The van der Waals surface area contributed by atoms with E-state index in [4.69, 9.17) is 9.72 Å². The fourth-order valence-corrected chi connectivity index (χ4v) is 3.71. The number of benzene rings is 2. The van der Waals surface area contributed by atoms with Crippen LogP contribution in [0.4, 0.5) is 22.0 Å². The average Bonchev–Trinajstić information content (AvgIpc) is 2.75. The standard InChI is InChI=1S/C23H26N4O2/c1-16-14-22(27-12-4-3-5-13-27)26-21-11-8-18(15-20(16)21)25-23(28)24-17-6-9-19(29-2)10-7-17/h6-11,14-15H,3-5,12-13H2,1-2H3,(H2,24,25,28). The summed E-state index contributed by atoms with van der Waals surface area (Å²) in [5.74, 6) is 1.80. The second-order valence-electron chi connectivity index (χ2n) is 7.38. The number of rotatable bonds is 4. The fraction of sp³-hybridized carbons (Fsp3) is 0.304. The number of hydrogen-bond acceptors (Lipinski definition) is 4. The van der Waals surface area contributed by atoms with Crippen LogP contribution in [0.25, 0.3) is 10.9 Å². The molecule has 4 rings (SSSR count). The summed E-state index contributed by atoms with van der Waals surface area (Å²) >= 11 is 0. The van der Waals surface area contributed by atoms with E-state index in [2.05, 4.69) is 28.5 Å². The summed E-state index contributed by atoms with van der Waals surface area (Å²) < 4.78 is 5.13. The molecule has 1 aliphatic rings. The van der Waals surface area contributed by atoms with Crippen LogP contribution in [0, 0.1) is 6.92 Å². The lowest BCUT2D eigenvalue weighted by atomic mass is 10.1. The number of fused-ring (bicyclic) bond motifs is 1. The normalized spacial score (nSPS) is 13.9. The zero-order valence-corrected chi connectivity index (χ0v) is 16.9. The highest BCUT2D eigenvalue weighted by atomic mass is 16.5. The number of amides is 2. The van der Waals surface area contributed by atoms with Crippen molar-refractivity contribution < 1.29 is 9.53 Å². The van der Waals surface area contributed by atoms with Crippen molar-refractivity contribution in [3.05, 3.63) is 54.1 Å². The van der Waals surface area contributed by atoms with Crippen molar-refractivity contribution in [3.8, 4) is 5.75 Å². The number of aromatic nitrogens is 1. The third-order valence-corrected chi connectivity index (χ3v) is 5.29. The summed E-state index contributed by atoms with van der Waals surface area (Å²) in [6.45, 7) is 4.24. The molecule has 1 aromatic heterocycles. The number of nitrogens with zero attached hydrogens (tertiary/aromatic N) is 2. The summed E-state index contributed by atoms with van der Waals surface area (Å²) in [7, 11) is 1.61. The smallest absolute Gasteiger partial charge is 0.323 e. The molecule has 6 nitrogen and oxygen atoms in total. The number of nitrogens with one attached hydrogen (secondary N) is 2. The van der Waals surface area contributed by atoms with Gasteiger partial charge >= 0.3 is 6.03 Å². The Bertz CT molecular complexity index is 1010. The molecule has 3 aromatic rings. The van der Waals surface area contributed by atoms with Crippen LogP contribution in [0.2, 0.25) is 0 Å². The van der Waals surface area contributed by atoms with Gasteiger partial charge in [-0.3, -0.25) is 0 Å². The van der Waals surface area contributed by atoms with E-state index >= 15 is 0 Å². The van der Waals surface area contributed by atoms with Crippen LogP contribution < -0.4 is 20.3 Å². The molecule has 0 unspecified atom stereocenters. The van der Waals surface area contributed by atoms with Crippen LogP contribution in [0.3, 0.4) is 0 Å². The molecule has 2 amide bonds. The van der Waals surface area contributed by atoms with E-state index in [0.29, 0.717) is 5.69 Å². The molecule has 1 aliphatic heterocycles. The van der Waals surface area contributed by atoms with Gasteiger partial charge < -0.3 is 20.3 Å². The summed E-state index contributed by atoms with van der Waals surface area (Å²) in [5, 5.41) is 6.77. The first-order chi connectivity index (χ1) is 14.1. The second-order valence-corrected chi connectivity index (χ2v) is 7.38.